The summed E-state index contributed by atoms with van der Waals surface area (Å²) < 4.78 is 16.9. The van der Waals surface area contributed by atoms with Gasteiger partial charge in [-0.2, -0.15) is 5.10 Å². The average molecular weight is 318 g/mol. The first-order valence-electron chi connectivity index (χ1n) is 7.39. The van der Waals surface area contributed by atoms with Crippen LogP contribution in [-0.2, 0) is 4.74 Å². The molecule has 2 aromatic rings. The number of ether oxygens (including phenoxy) is 3. The molecule has 7 heteroatoms. The van der Waals surface area contributed by atoms with Gasteiger partial charge in [0.25, 0.3) is 0 Å². The zero-order valence-electron chi connectivity index (χ0n) is 12.7. The van der Waals surface area contributed by atoms with Crippen LogP contribution < -0.4 is 9.47 Å². The van der Waals surface area contributed by atoms with Crippen LogP contribution in [0.15, 0.2) is 24.3 Å². The molecule has 23 heavy (non-hydrogen) atoms. The normalized spacial score (nSPS) is 17.7. The number of hydrogen-bond donors (Lipinski definition) is 2. The van der Waals surface area contributed by atoms with Crippen LogP contribution in [-0.4, -0.2) is 47.7 Å². The second-order valence-electron chi connectivity index (χ2n) is 5.27. The van der Waals surface area contributed by atoms with Gasteiger partial charge in [-0.05, 0) is 31.0 Å². The molecule has 1 saturated heterocycles. The summed E-state index contributed by atoms with van der Waals surface area (Å²) in [5.74, 6) is 0.0661. The van der Waals surface area contributed by atoms with E-state index >= 15 is 0 Å². The highest BCUT2D eigenvalue weighted by molar-refractivity contribution is 5.87. The third-order valence-corrected chi connectivity index (χ3v) is 3.68. The van der Waals surface area contributed by atoms with Gasteiger partial charge in [-0.25, -0.2) is 4.79 Å². The Labute approximate surface area is 133 Å². The second-order valence-corrected chi connectivity index (χ2v) is 5.27. The minimum atomic E-state index is -1.06. The Morgan fingerprint density at radius 3 is 3.00 bits per heavy atom. The van der Waals surface area contributed by atoms with Crippen LogP contribution >= 0.6 is 0 Å². The lowest BCUT2D eigenvalue weighted by Gasteiger charge is -2.24. The van der Waals surface area contributed by atoms with Gasteiger partial charge in [-0.15, -0.1) is 0 Å². The number of para-hydroxylation sites is 1. The van der Waals surface area contributed by atoms with E-state index in [1.54, 1.807) is 7.11 Å². The highest BCUT2D eigenvalue weighted by atomic mass is 16.5. The maximum absolute atomic E-state index is 11.0. The Hall–Kier alpha value is -2.54. The van der Waals surface area contributed by atoms with E-state index in [4.69, 9.17) is 19.3 Å². The zero-order valence-corrected chi connectivity index (χ0v) is 12.7. The molecule has 0 aliphatic carbocycles. The van der Waals surface area contributed by atoms with Gasteiger partial charge in [0, 0.05) is 12.2 Å². The Kier molecular flexibility index (Phi) is 4.47. The number of carboxylic acids is 1. The minimum Gasteiger partial charge on any atom is -0.492 e. The van der Waals surface area contributed by atoms with Crippen LogP contribution in [0.5, 0.6) is 11.5 Å². The number of nitrogens with zero attached hydrogens (tertiary/aromatic N) is 1. The van der Waals surface area contributed by atoms with Crippen molar-refractivity contribution in [2.45, 2.75) is 18.9 Å². The second kappa shape index (κ2) is 6.70. The van der Waals surface area contributed by atoms with E-state index in [-0.39, 0.29) is 11.8 Å². The summed E-state index contributed by atoms with van der Waals surface area (Å²) in [7, 11) is 1.55. The molecule has 0 amide bonds. The van der Waals surface area contributed by atoms with E-state index in [9.17, 15) is 4.79 Å². The van der Waals surface area contributed by atoms with E-state index < -0.39 is 5.97 Å². The van der Waals surface area contributed by atoms with Gasteiger partial charge in [0.15, 0.2) is 11.5 Å². The molecule has 3 rings (SSSR count). The van der Waals surface area contributed by atoms with Gasteiger partial charge in [0.05, 0.1) is 19.4 Å². The Morgan fingerprint density at radius 2 is 2.35 bits per heavy atom. The summed E-state index contributed by atoms with van der Waals surface area (Å²) in [6.07, 6.45) is 1.88. The molecule has 0 saturated carbocycles. The number of methoxy groups -OCH3 is 1. The number of carbonyl (C=O) groups is 1. The van der Waals surface area contributed by atoms with Gasteiger partial charge in [0.1, 0.15) is 11.8 Å². The Bertz CT molecular complexity index is 692. The summed E-state index contributed by atoms with van der Waals surface area (Å²) in [4.78, 5) is 11.0. The molecule has 1 aromatic heterocycles. The molecular weight excluding hydrogens is 300 g/mol. The summed E-state index contributed by atoms with van der Waals surface area (Å²) in [5.41, 5.74) is 1.18. The van der Waals surface area contributed by atoms with E-state index in [0.29, 0.717) is 29.4 Å². The van der Waals surface area contributed by atoms with Crippen molar-refractivity contribution in [1.29, 1.82) is 0 Å². The molecule has 0 spiro atoms. The number of benzene rings is 1. The maximum atomic E-state index is 11.0. The zero-order chi connectivity index (χ0) is 16.2. The van der Waals surface area contributed by atoms with Crippen LogP contribution in [0.3, 0.4) is 0 Å². The summed E-state index contributed by atoms with van der Waals surface area (Å²) in [6, 6.07) is 6.92. The smallest absolute Gasteiger partial charge is 0.353 e. The third-order valence-electron chi connectivity index (χ3n) is 3.68. The fraction of sp³-hybridized carbons (Fsp3) is 0.375. The number of nitrogens with one attached hydrogen (secondary N) is 1. The molecule has 2 heterocycles. The van der Waals surface area contributed by atoms with E-state index in [0.717, 1.165) is 19.4 Å². The molecule has 1 atom stereocenters. The number of rotatable bonds is 5. The number of carboxylic acid groups (broad SMARTS) is 1. The van der Waals surface area contributed by atoms with Crippen molar-refractivity contribution in [3.05, 3.63) is 30.0 Å². The average Bonchev–Trinajstić information content (AvgIpc) is 3.06. The molecule has 0 bridgehead atoms. The standard InChI is InChI=1S/C16H18N2O5/c1-21-15-11(12-8-13(16(19)20)18-17-12)5-2-6-14(15)23-10-4-3-7-22-9-10/h2,5-6,8,10H,3-4,7,9H2,1H3,(H,17,18)(H,19,20). The number of aromatic amines is 1. The molecule has 7 nitrogen and oxygen atoms in total. The van der Waals surface area contributed by atoms with Crippen molar-refractivity contribution >= 4 is 5.97 Å². The van der Waals surface area contributed by atoms with Crippen LogP contribution in [0.4, 0.5) is 0 Å². The van der Waals surface area contributed by atoms with Crippen LogP contribution in [0.2, 0.25) is 0 Å². The lowest BCUT2D eigenvalue weighted by Crippen LogP contribution is -2.28. The minimum absolute atomic E-state index is 0.0123. The van der Waals surface area contributed by atoms with Crippen molar-refractivity contribution in [2.75, 3.05) is 20.3 Å². The lowest BCUT2D eigenvalue weighted by atomic mass is 10.1. The van der Waals surface area contributed by atoms with Gasteiger partial charge >= 0.3 is 5.97 Å². The number of aromatic carboxylic acids is 1. The van der Waals surface area contributed by atoms with Crippen LogP contribution in [0.25, 0.3) is 11.3 Å². The molecule has 0 radical (unpaired) electrons. The number of H-pyrrole nitrogens is 1. The molecule has 1 aliphatic heterocycles. The van der Waals surface area contributed by atoms with Crippen molar-refractivity contribution in [3.63, 3.8) is 0 Å². The molecule has 122 valence electrons. The molecule has 1 aromatic carbocycles. The van der Waals surface area contributed by atoms with E-state index in [1.807, 2.05) is 18.2 Å². The topological polar surface area (TPSA) is 93.7 Å². The first-order valence-corrected chi connectivity index (χ1v) is 7.39. The highest BCUT2D eigenvalue weighted by Gasteiger charge is 2.20. The summed E-state index contributed by atoms with van der Waals surface area (Å²) >= 11 is 0. The SMILES string of the molecule is COc1c(OC2CCCOC2)cccc1-c1cc(C(=O)O)[nH]n1. The monoisotopic (exact) mass is 318 g/mol. The Morgan fingerprint density at radius 1 is 1.48 bits per heavy atom. The third kappa shape index (κ3) is 3.29. The van der Waals surface area contributed by atoms with Crippen molar-refractivity contribution < 1.29 is 24.1 Å². The largest absolute Gasteiger partial charge is 0.492 e. The van der Waals surface area contributed by atoms with Crippen molar-refractivity contribution in [1.82, 2.24) is 10.2 Å². The predicted molar refractivity (Wildman–Crippen MR) is 82.0 cm³/mol. The lowest BCUT2D eigenvalue weighted by molar-refractivity contribution is 0.00647. The van der Waals surface area contributed by atoms with Gasteiger partial charge in [0.2, 0.25) is 0 Å². The summed E-state index contributed by atoms with van der Waals surface area (Å²) in [6.45, 7) is 1.32. The highest BCUT2D eigenvalue weighted by Crippen LogP contribution is 2.38. The quantitative estimate of drug-likeness (QED) is 0.879. The van der Waals surface area contributed by atoms with Crippen molar-refractivity contribution in [2.24, 2.45) is 0 Å². The van der Waals surface area contributed by atoms with Crippen LogP contribution in [0, 0.1) is 0 Å². The maximum Gasteiger partial charge on any atom is 0.353 e. The van der Waals surface area contributed by atoms with Gasteiger partial charge < -0.3 is 19.3 Å². The van der Waals surface area contributed by atoms with Gasteiger partial charge in [-0.1, -0.05) is 6.07 Å². The Balaban J connectivity index is 1.90. The number of hydrogen-bond acceptors (Lipinski definition) is 5. The first kappa shape index (κ1) is 15.4. The van der Waals surface area contributed by atoms with Crippen molar-refractivity contribution in [3.8, 4) is 22.8 Å². The van der Waals surface area contributed by atoms with Crippen LogP contribution in [0.1, 0.15) is 23.3 Å². The molecule has 1 unspecified atom stereocenters. The number of aromatic nitrogens is 2. The molecule has 2 N–H and O–H groups in total. The van der Waals surface area contributed by atoms with E-state index in [2.05, 4.69) is 10.2 Å². The van der Waals surface area contributed by atoms with Gasteiger partial charge in [-0.3, -0.25) is 5.10 Å². The molecular formula is C16H18N2O5. The molecule has 1 fully saturated rings. The predicted octanol–water partition coefficient (Wildman–Crippen LogP) is 2.34. The van der Waals surface area contributed by atoms with E-state index in [1.165, 1.54) is 6.07 Å². The fourth-order valence-electron chi connectivity index (χ4n) is 2.57. The molecule has 1 aliphatic rings. The summed E-state index contributed by atoms with van der Waals surface area (Å²) in [5, 5.41) is 15.5. The first-order chi connectivity index (χ1) is 11.2. The fourth-order valence-corrected chi connectivity index (χ4v) is 2.57.